The fourth-order valence-corrected chi connectivity index (χ4v) is 15.4. The van der Waals surface area contributed by atoms with E-state index in [2.05, 4.69) is 176 Å². The van der Waals surface area contributed by atoms with Crippen molar-refractivity contribution in [2.24, 2.45) is 11.8 Å². The molecule has 9 aromatic rings. The Morgan fingerprint density at radius 1 is 0.586 bits per heavy atom. The van der Waals surface area contributed by atoms with Crippen molar-refractivity contribution in [3.63, 3.8) is 0 Å². The third-order valence-electron chi connectivity index (χ3n) is 19.6. The van der Waals surface area contributed by atoms with Gasteiger partial charge in [0.2, 0.25) is 16.9 Å². The number of para-hydroxylation sites is 3. The molecule has 6 saturated heterocycles. The van der Waals surface area contributed by atoms with E-state index in [1.54, 1.807) is 6.20 Å². The van der Waals surface area contributed by atoms with Crippen molar-refractivity contribution < 1.29 is 18.8 Å². The minimum Gasteiger partial charge on any atom is -0.420 e. The molecule has 0 radical (unpaired) electrons. The summed E-state index contributed by atoms with van der Waals surface area (Å²) in [6, 6.07) is 28.8. The Morgan fingerprint density at radius 2 is 1.03 bits per heavy atom. The van der Waals surface area contributed by atoms with Gasteiger partial charge in [-0.25, -0.2) is 4.98 Å². The van der Waals surface area contributed by atoms with Gasteiger partial charge < -0.3 is 39.4 Å². The summed E-state index contributed by atoms with van der Waals surface area (Å²) in [4.78, 5) is 71.2. The fraction of sp³-hybridized carbons (Fsp3) is 0.485. The van der Waals surface area contributed by atoms with Crippen LogP contribution in [0.15, 0.2) is 102 Å². The number of amides is 1. The van der Waals surface area contributed by atoms with Gasteiger partial charge in [-0.15, -0.1) is 15.3 Å². The van der Waals surface area contributed by atoms with Gasteiger partial charge in [0.1, 0.15) is 0 Å². The highest BCUT2D eigenvalue weighted by molar-refractivity contribution is 7.17. The van der Waals surface area contributed by atoms with Crippen LogP contribution in [0, 0.1) is 11.8 Å². The van der Waals surface area contributed by atoms with Crippen LogP contribution in [0.1, 0.15) is 120 Å². The number of Topliss-reactive ketones (excluding diaryl/α,β-unsaturated/α-hetero) is 2. The molecule has 5 N–H and O–H groups in total. The second-order valence-electron chi connectivity index (χ2n) is 25.8. The Bertz CT molecular complexity index is 3430. The van der Waals surface area contributed by atoms with Gasteiger partial charge in [-0.05, 0) is 133 Å². The fourth-order valence-electron chi connectivity index (χ4n) is 14.6. The molecule has 15 rings (SSSR count). The molecule has 0 aliphatic carbocycles. The zero-order valence-corrected chi connectivity index (χ0v) is 51.7. The number of nitrogens with one attached hydrogen (secondary N) is 5. The van der Waals surface area contributed by atoms with E-state index in [0.717, 1.165) is 80.2 Å². The summed E-state index contributed by atoms with van der Waals surface area (Å²) in [5, 5.41) is 23.9. The maximum absolute atomic E-state index is 12.8. The van der Waals surface area contributed by atoms with E-state index in [0.29, 0.717) is 71.8 Å². The molecule has 21 heteroatoms. The maximum Gasteiger partial charge on any atom is 0.297 e. The summed E-state index contributed by atoms with van der Waals surface area (Å²) in [7, 11) is 6.63. The van der Waals surface area contributed by atoms with Crippen molar-refractivity contribution in [1.82, 2.24) is 65.3 Å². The number of fused-ring (bicyclic) bond motifs is 9. The molecule has 20 nitrogen and oxygen atoms in total. The van der Waals surface area contributed by atoms with E-state index >= 15 is 0 Å². The molecule has 456 valence electrons. The van der Waals surface area contributed by atoms with Gasteiger partial charge in [0, 0.05) is 146 Å². The van der Waals surface area contributed by atoms with Crippen LogP contribution in [0.5, 0.6) is 0 Å². The first-order valence-corrected chi connectivity index (χ1v) is 32.2. The van der Waals surface area contributed by atoms with Gasteiger partial charge in [0.15, 0.2) is 22.3 Å². The first-order chi connectivity index (χ1) is 42.2. The summed E-state index contributed by atoms with van der Waals surface area (Å²) in [6.45, 7) is 11.9. The zero-order chi connectivity index (χ0) is 59.9. The van der Waals surface area contributed by atoms with Crippen LogP contribution in [0.2, 0.25) is 0 Å². The number of aromatic amines is 4. The van der Waals surface area contributed by atoms with Crippen molar-refractivity contribution in [2.45, 2.75) is 134 Å². The predicted octanol–water partition coefficient (Wildman–Crippen LogP) is 9.57. The number of H-pyrrole nitrogens is 4. The topological polar surface area (TPSA) is 223 Å². The molecule has 6 aliphatic heterocycles. The minimum absolute atomic E-state index is 0.0188. The number of hydrogen-bond donors (Lipinski definition) is 5. The minimum atomic E-state index is -0.215. The molecule has 12 heterocycles. The average Bonchev–Trinajstić information content (AvgIpc) is 2.63. The summed E-state index contributed by atoms with van der Waals surface area (Å²) < 4.78 is 5.89. The van der Waals surface area contributed by atoms with Crippen LogP contribution >= 0.6 is 11.3 Å². The van der Waals surface area contributed by atoms with Crippen LogP contribution in [0.25, 0.3) is 32.7 Å². The molecule has 6 fully saturated rings. The lowest BCUT2D eigenvalue weighted by Gasteiger charge is -2.38. The number of rotatable bonds is 17. The maximum atomic E-state index is 12.8. The normalized spacial score (nSPS) is 23.0. The van der Waals surface area contributed by atoms with E-state index in [1.165, 1.54) is 82.7 Å². The van der Waals surface area contributed by atoms with E-state index in [1.807, 2.05) is 37.4 Å². The highest BCUT2D eigenvalue weighted by atomic mass is 32.1. The Kier molecular flexibility index (Phi) is 16.9. The van der Waals surface area contributed by atoms with Crippen LogP contribution in [-0.2, 0) is 19.3 Å². The highest BCUT2D eigenvalue weighted by Crippen LogP contribution is 2.35. The summed E-state index contributed by atoms with van der Waals surface area (Å²) in [5.41, 5.74) is 7.12. The SMILES string of the molecule is CC(CC(=O)c1cnc(N2CC3CCC(C2)N3C)o1)Cc1c[nH]c2ccccc12.CC(CC(=O)c1nnc(N2CC3CCC(C2)N3C)s1)Cc1c[nH]c2ccccc12.CC(Cc1c[nH]c2ccccc12)NC(=O)c1nc(N2CC3CCC(C2)N3C)n[nH]1. The van der Waals surface area contributed by atoms with E-state index in [9.17, 15) is 14.4 Å². The number of aromatic nitrogens is 9. The Balaban J connectivity index is 0.000000121. The predicted molar refractivity (Wildman–Crippen MR) is 342 cm³/mol. The zero-order valence-electron chi connectivity index (χ0n) is 50.9. The van der Waals surface area contributed by atoms with Crippen LogP contribution in [0.3, 0.4) is 0 Å². The number of hydrogen-bond acceptors (Lipinski definition) is 16. The number of carbonyl (C=O) groups is 3. The smallest absolute Gasteiger partial charge is 0.297 e. The number of nitrogens with zero attached hydrogens (tertiary/aromatic N) is 11. The first kappa shape index (κ1) is 58.3. The van der Waals surface area contributed by atoms with Crippen LogP contribution < -0.4 is 20.0 Å². The quantitative estimate of drug-likeness (QED) is 0.0536. The standard InChI is InChI=1S/C23H28N4O2.C22H27N5OS.C21H27N7O/c1-15(9-16-11-24-20-6-4-3-5-19(16)20)10-21(28)22-12-25-23(29-22)27-13-17-7-8-18(14-27)26(17)2;1-14(9-15-11-23-19-6-4-3-5-18(15)19)10-20(28)21-24-25-22(29-21)27-12-16-7-8-17(13-27)26(16)2;1-13(9-14-10-22-18-6-4-3-5-17(14)18)23-20(29)19-24-21(26-25-19)28-11-15-7-8-16(12-28)27(15)2/h3-6,11-12,15,17-18,24H,7-10,13-14H2,1-2H3;3-6,11,14,16-17,23H,7-10,12-13H2,1-2H3;3-6,10,13,15-16,22H,7-9,11-12H2,1-2H3,(H,23,29)(H,24,25,26). The number of benzene rings is 3. The molecule has 1 amide bonds. The molecule has 6 aromatic heterocycles. The van der Waals surface area contributed by atoms with Gasteiger partial charge in [-0.1, -0.05) is 79.8 Å². The van der Waals surface area contributed by atoms with Gasteiger partial charge in [-0.3, -0.25) is 34.2 Å². The molecular formula is C66H82N16O4S. The Morgan fingerprint density at radius 3 is 1.54 bits per heavy atom. The van der Waals surface area contributed by atoms with Gasteiger partial charge in [-0.2, -0.15) is 4.98 Å². The molecule has 87 heavy (non-hydrogen) atoms. The molecule has 3 aromatic carbocycles. The lowest BCUT2D eigenvalue weighted by atomic mass is 9.95. The number of oxazole rings is 1. The number of piperazine rings is 3. The van der Waals surface area contributed by atoms with Gasteiger partial charge >= 0.3 is 0 Å². The Labute approximate surface area is 511 Å². The lowest BCUT2D eigenvalue weighted by molar-refractivity contribution is 0.0924. The van der Waals surface area contributed by atoms with Gasteiger partial charge in [0.05, 0.1) is 6.20 Å². The average molecular weight is 1200 g/mol. The van der Waals surface area contributed by atoms with Crippen molar-refractivity contribution in [3.05, 3.63) is 131 Å². The third kappa shape index (κ3) is 12.6. The second kappa shape index (κ2) is 25.2. The van der Waals surface area contributed by atoms with Crippen LogP contribution in [-0.4, -0.2) is 180 Å². The van der Waals surface area contributed by atoms with Crippen molar-refractivity contribution >= 4 is 78.6 Å². The third-order valence-corrected chi connectivity index (χ3v) is 20.6. The largest absolute Gasteiger partial charge is 0.420 e. The molecule has 6 bridgehead atoms. The van der Waals surface area contributed by atoms with E-state index in [4.69, 9.17) is 4.42 Å². The number of carbonyl (C=O) groups excluding carboxylic acids is 3. The van der Waals surface area contributed by atoms with Crippen molar-refractivity contribution in [2.75, 3.05) is 75.1 Å². The monoisotopic (exact) mass is 1190 g/mol. The van der Waals surface area contributed by atoms with Gasteiger partial charge in [0.25, 0.3) is 11.9 Å². The summed E-state index contributed by atoms with van der Waals surface area (Å²) >= 11 is 1.46. The summed E-state index contributed by atoms with van der Waals surface area (Å²) in [6.07, 6.45) is 18.6. The molecule has 0 spiro atoms. The summed E-state index contributed by atoms with van der Waals surface area (Å²) in [5.74, 6) is 1.71. The molecule has 9 unspecified atom stereocenters. The second-order valence-corrected chi connectivity index (χ2v) is 26.7. The highest BCUT2D eigenvalue weighted by Gasteiger charge is 2.41. The molecule has 0 saturated carbocycles. The molecule has 6 aliphatic rings. The van der Waals surface area contributed by atoms with Crippen molar-refractivity contribution in [1.29, 1.82) is 0 Å². The van der Waals surface area contributed by atoms with E-state index < -0.39 is 0 Å². The lowest BCUT2D eigenvalue weighted by Crippen LogP contribution is -2.52. The first-order valence-electron chi connectivity index (χ1n) is 31.4. The number of likely N-dealkylation sites (N-methyl/N-ethyl adjacent to an activating group) is 3. The number of ketones is 2. The Hall–Kier alpha value is -7.72. The molecular weight excluding hydrogens is 1110 g/mol. The molecule has 9 atom stereocenters. The van der Waals surface area contributed by atoms with Crippen LogP contribution in [0.4, 0.5) is 17.1 Å². The van der Waals surface area contributed by atoms with E-state index in [-0.39, 0.29) is 41.2 Å². The van der Waals surface area contributed by atoms with Crippen molar-refractivity contribution in [3.8, 4) is 0 Å². The number of anilines is 3.